The molecule has 0 bridgehead atoms. The van der Waals surface area contributed by atoms with E-state index in [1.54, 1.807) is 0 Å². The molecule has 0 aliphatic rings. The molecule has 38 valence electrons. The Bertz CT molecular complexity index is 110. The summed E-state index contributed by atoms with van der Waals surface area (Å²) in [7, 11) is 0. The molecule has 0 rings (SSSR count). The van der Waals surface area contributed by atoms with Gasteiger partial charge in [0.2, 0.25) is 0 Å². The number of aliphatic hydroxyl groups is 1. The van der Waals surface area contributed by atoms with E-state index in [1.165, 1.54) is 5.94 Å². The first-order valence-electron chi connectivity index (χ1n) is 1.66. The van der Waals surface area contributed by atoms with Crippen molar-refractivity contribution in [2.75, 3.05) is 6.61 Å². The summed E-state index contributed by atoms with van der Waals surface area (Å²) >= 11 is 0. The molecular weight excluding hydrogens is 96.0 g/mol. The van der Waals surface area contributed by atoms with Crippen LogP contribution in [0, 0.1) is 0 Å². The Hall–Kier alpha value is -0.920. The van der Waals surface area contributed by atoms with Gasteiger partial charge in [-0.3, -0.25) is 4.79 Å². The number of aliphatic hydroxyl groups excluding tert-OH is 1. The van der Waals surface area contributed by atoms with Crippen molar-refractivity contribution in [3.8, 4) is 0 Å². The summed E-state index contributed by atoms with van der Waals surface area (Å²) in [6.07, 6.45) is 0.653. The topological polar surface area (TPSA) is 54.4 Å². The third-order valence-corrected chi connectivity index (χ3v) is 0.376. The van der Waals surface area contributed by atoms with Crippen molar-refractivity contribution in [1.29, 1.82) is 0 Å². The number of hydrogen-bond donors (Lipinski definition) is 1. The van der Waals surface area contributed by atoms with E-state index >= 15 is 0 Å². The van der Waals surface area contributed by atoms with Crippen molar-refractivity contribution in [3.63, 3.8) is 0 Å². The lowest BCUT2D eigenvalue weighted by Gasteiger charge is -1.74. The van der Waals surface area contributed by atoms with Crippen molar-refractivity contribution in [3.05, 3.63) is 6.08 Å². The van der Waals surface area contributed by atoms with Gasteiger partial charge in [-0.15, -0.1) is 0 Å². The van der Waals surface area contributed by atoms with Gasteiger partial charge in [0.15, 0.2) is 5.78 Å². The Morgan fingerprint density at radius 3 is 2.57 bits per heavy atom. The highest BCUT2D eigenvalue weighted by atomic mass is 16.3. The average molecular weight is 100 g/mol. The Labute approximate surface area is 40.3 Å². The number of carbonyl (C=O) groups is 1. The molecule has 0 heterocycles. The van der Waals surface area contributed by atoms with Gasteiger partial charge in [0.25, 0.3) is 0 Å². The van der Waals surface area contributed by atoms with Crippen LogP contribution in [0.1, 0.15) is 0 Å². The van der Waals surface area contributed by atoms with Crippen LogP contribution in [0.3, 0.4) is 0 Å². The summed E-state index contributed by atoms with van der Waals surface area (Å²) in [5.74, 6) is 0.618. The van der Waals surface area contributed by atoms with Crippen LogP contribution in [-0.2, 0) is 9.59 Å². The predicted octanol–water partition coefficient (Wildman–Crippen LogP) is -1.06. The lowest BCUT2D eigenvalue weighted by atomic mass is 10.4. The quantitative estimate of drug-likeness (QED) is 0.355. The number of hydrogen-bond acceptors (Lipinski definition) is 3. The zero-order valence-corrected chi connectivity index (χ0v) is 3.55. The van der Waals surface area contributed by atoms with Gasteiger partial charge >= 0.3 is 0 Å². The fraction of sp³-hybridized carbons (Fsp3) is 0.250. The maximum absolute atomic E-state index is 9.84. The third-order valence-electron chi connectivity index (χ3n) is 0.376. The second kappa shape index (κ2) is 3.28. The summed E-state index contributed by atoms with van der Waals surface area (Å²) in [6, 6.07) is 0. The molecule has 3 nitrogen and oxygen atoms in total. The first kappa shape index (κ1) is 6.08. The Morgan fingerprint density at radius 1 is 1.86 bits per heavy atom. The van der Waals surface area contributed by atoms with Gasteiger partial charge in [0.05, 0.1) is 6.08 Å². The second-order valence-electron chi connectivity index (χ2n) is 0.887. The van der Waals surface area contributed by atoms with E-state index in [9.17, 15) is 9.59 Å². The summed E-state index contributed by atoms with van der Waals surface area (Å²) in [4.78, 5) is 19.1. The van der Waals surface area contributed by atoms with Gasteiger partial charge in [-0.1, -0.05) is 0 Å². The highest BCUT2D eigenvalue weighted by molar-refractivity contribution is 5.96. The molecule has 0 spiro atoms. The molecule has 3 heteroatoms. The van der Waals surface area contributed by atoms with Gasteiger partial charge in [-0.2, -0.15) is 0 Å². The Balaban J connectivity index is 3.58. The molecule has 0 aromatic heterocycles. The SMILES string of the molecule is O=C=CC(=O)CO. The number of ketones is 1. The molecule has 0 saturated heterocycles. The first-order valence-corrected chi connectivity index (χ1v) is 1.66. The van der Waals surface area contributed by atoms with Gasteiger partial charge in [0, 0.05) is 0 Å². The minimum Gasteiger partial charge on any atom is -0.388 e. The van der Waals surface area contributed by atoms with Crippen LogP contribution < -0.4 is 0 Å². The predicted molar refractivity (Wildman–Crippen MR) is 22.4 cm³/mol. The first-order chi connectivity index (χ1) is 3.31. The molecule has 0 aromatic rings. The number of carbonyl (C=O) groups excluding carboxylic acids is 2. The fourth-order valence-corrected chi connectivity index (χ4v) is 0.111. The maximum Gasteiger partial charge on any atom is 0.191 e. The lowest BCUT2D eigenvalue weighted by molar-refractivity contribution is -0.117. The van der Waals surface area contributed by atoms with E-state index in [1.807, 2.05) is 0 Å². The Kier molecular flexibility index (Phi) is 2.85. The van der Waals surface area contributed by atoms with E-state index in [0.717, 1.165) is 0 Å². The molecule has 0 amide bonds. The molecule has 0 aliphatic heterocycles. The zero-order chi connectivity index (χ0) is 5.70. The van der Waals surface area contributed by atoms with Gasteiger partial charge in [-0.05, 0) is 0 Å². The fourth-order valence-electron chi connectivity index (χ4n) is 0.111. The molecule has 0 saturated carbocycles. The van der Waals surface area contributed by atoms with Crippen LogP contribution in [-0.4, -0.2) is 23.4 Å². The summed E-state index contributed by atoms with van der Waals surface area (Å²) in [5, 5.41) is 7.91. The summed E-state index contributed by atoms with van der Waals surface area (Å²) < 4.78 is 0. The highest BCUT2D eigenvalue weighted by Crippen LogP contribution is 1.63. The average Bonchev–Trinajstić information content (AvgIpc) is 1.68. The highest BCUT2D eigenvalue weighted by Gasteiger charge is 1.87. The lowest BCUT2D eigenvalue weighted by Crippen LogP contribution is -1.97. The second-order valence-corrected chi connectivity index (χ2v) is 0.887. The van der Waals surface area contributed by atoms with Crippen LogP contribution in [0.15, 0.2) is 6.08 Å². The molecule has 0 aliphatic carbocycles. The van der Waals surface area contributed by atoms with Crippen LogP contribution in [0.4, 0.5) is 0 Å². The van der Waals surface area contributed by atoms with Crippen molar-refractivity contribution in [2.24, 2.45) is 0 Å². The van der Waals surface area contributed by atoms with Gasteiger partial charge < -0.3 is 5.11 Å². The molecule has 1 N–H and O–H groups in total. The van der Waals surface area contributed by atoms with Crippen molar-refractivity contribution >= 4 is 11.7 Å². The van der Waals surface area contributed by atoms with Crippen LogP contribution in [0.25, 0.3) is 0 Å². The monoisotopic (exact) mass is 100 g/mol. The smallest absolute Gasteiger partial charge is 0.191 e. The standard InChI is InChI=1S/C4H4O3/c5-2-1-4(7)3-6/h1,6H,3H2. The molecule has 0 unspecified atom stereocenters. The van der Waals surface area contributed by atoms with E-state index in [4.69, 9.17) is 5.11 Å². The van der Waals surface area contributed by atoms with Crippen LogP contribution in [0.5, 0.6) is 0 Å². The van der Waals surface area contributed by atoms with E-state index in [2.05, 4.69) is 0 Å². The van der Waals surface area contributed by atoms with Crippen molar-refractivity contribution in [2.45, 2.75) is 0 Å². The van der Waals surface area contributed by atoms with Crippen LogP contribution >= 0.6 is 0 Å². The van der Waals surface area contributed by atoms with Crippen molar-refractivity contribution in [1.82, 2.24) is 0 Å². The van der Waals surface area contributed by atoms with E-state index < -0.39 is 12.4 Å². The van der Waals surface area contributed by atoms with E-state index in [0.29, 0.717) is 6.08 Å². The third kappa shape index (κ3) is 2.89. The van der Waals surface area contributed by atoms with Crippen LogP contribution in [0.2, 0.25) is 0 Å². The molecule has 0 atom stereocenters. The van der Waals surface area contributed by atoms with Gasteiger partial charge in [0.1, 0.15) is 12.5 Å². The minimum absolute atomic E-state index is 0.616. The molecule has 0 radical (unpaired) electrons. The zero-order valence-electron chi connectivity index (χ0n) is 3.55. The molecule has 7 heavy (non-hydrogen) atoms. The van der Waals surface area contributed by atoms with Crippen molar-refractivity contribution < 1.29 is 14.7 Å². The summed E-state index contributed by atoms with van der Waals surface area (Å²) in [5.41, 5.74) is 0. The Morgan fingerprint density at radius 2 is 2.43 bits per heavy atom. The van der Waals surface area contributed by atoms with E-state index in [-0.39, 0.29) is 0 Å². The largest absolute Gasteiger partial charge is 0.388 e. The molecule has 0 aromatic carbocycles. The summed E-state index contributed by atoms with van der Waals surface area (Å²) in [6.45, 7) is -0.616. The number of rotatable bonds is 2. The molecule has 0 fully saturated rings. The minimum atomic E-state index is -0.616. The van der Waals surface area contributed by atoms with Gasteiger partial charge in [-0.25, -0.2) is 4.79 Å². The normalized spacial score (nSPS) is 7.00. The maximum atomic E-state index is 9.84. The molecular formula is C4H4O3.